The number of rotatable bonds is 9. The Bertz CT molecular complexity index is 1050. The van der Waals surface area contributed by atoms with Gasteiger partial charge in [-0.1, -0.05) is 48.5 Å². The van der Waals surface area contributed by atoms with Gasteiger partial charge in [0.2, 0.25) is 5.91 Å². The normalized spacial score (nSPS) is 14.4. The number of hydrogen-bond donors (Lipinski definition) is 0. The van der Waals surface area contributed by atoms with E-state index in [0.29, 0.717) is 6.61 Å². The zero-order valence-electron chi connectivity index (χ0n) is 19.9. The Morgan fingerprint density at radius 2 is 1.73 bits per heavy atom. The van der Waals surface area contributed by atoms with Gasteiger partial charge in [0.15, 0.2) is 0 Å². The molecule has 1 fully saturated rings. The molecular weight excluding hydrogens is 410 g/mol. The lowest BCUT2D eigenvalue weighted by atomic mass is 10.1. The number of ether oxygens (including phenoxy) is 1. The third-order valence-corrected chi connectivity index (χ3v) is 6.47. The van der Waals surface area contributed by atoms with E-state index in [1.807, 2.05) is 11.0 Å². The highest BCUT2D eigenvalue weighted by Crippen LogP contribution is 2.28. The third-order valence-electron chi connectivity index (χ3n) is 6.47. The van der Waals surface area contributed by atoms with Crippen molar-refractivity contribution >= 4 is 22.4 Å². The third kappa shape index (κ3) is 6.05. The lowest BCUT2D eigenvalue weighted by Crippen LogP contribution is -2.48. The number of carbonyl (C=O) groups is 1. The standard InChI is InChI=1S/C28H35N3O2/c1-3-30(28-14-7-11-25-10-4-5-13-27(25)28)22-24-9-6-12-26(21-24)33-20-8-15-29-16-18-31(19-17-29)23(2)32/h4-7,9-14,21H,3,8,15-20,22H2,1-2H3. The van der Waals surface area contributed by atoms with E-state index in [1.165, 1.54) is 22.0 Å². The molecule has 3 aromatic rings. The average Bonchev–Trinajstić information content (AvgIpc) is 2.85. The van der Waals surface area contributed by atoms with E-state index in [2.05, 4.69) is 77.4 Å². The molecule has 1 saturated heterocycles. The van der Waals surface area contributed by atoms with Crippen LogP contribution in [0.1, 0.15) is 25.8 Å². The highest BCUT2D eigenvalue weighted by molar-refractivity contribution is 5.94. The quantitative estimate of drug-likeness (QED) is 0.443. The lowest BCUT2D eigenvalue weighted by Gasteiger charge is -2.34. The maximum Gasteiger partial charge on any atom is 0.219 e. The molecule has 3 aromatic carbocycles. The number of nitrogens with zero attached hydrogens (tertiary/aromatic N) is 3. The number of benzene rings is 3. The summed E-state index contributed by atoms with van der Waals surface area (Å²) >= 11 is 0. The molecule has 0 bridgehead atoms. The summed E-state index contributed by atoms with van der Waals surface area (Å²) in [5, 5.41) is 2.56. The average molecular weight is 446 g/mol. The molecule has 1 amide bonds. The van der Waals surface area contributed by atoms with E-state index in [-0.39, 0.29) is 5.91 Å². The SMILES string of the molecule is CCN(Cc1cccc(OCCCN2CCN(C(C)=O)CC2)c1)c1cccc2ccccc12. The fourth-order valence-corrected chi connectivity index (χ4v) is 4.57. The summed E-state index contributed by atoms with van der Waals surface area (Å²) < 4.78 is 6.08. The van der Waals surface area contributed by atoms with E-state index in [9.17, 15) is 4.79 Å². The molecule has 4 rings (SSSR count). The van der Waals surface area contributed by atoms with Crippen LogP contribution in [0.4, 0.5) is 5.69 Å². The molecule has 5 heteroatoms. The van der Waals surface area contributed by atoms with Crippen LogP contribution in [0.3, 0.4) is 0 Å². The smallest absolute Gasteiger partial charge is 0.219 e. The largest absolute Gasteiger partial charge is 0.494 e. The fourth-order valence-electron chi connectivity index (χ4n) is 4.57. The van der Waals surface area contributed by atoms with Gasteiger partial charge in [0.05, 0.1) is 6.61 Å². The van der Waals surface area contributed by atoms with Crippen LogP contribution in [0.2, 0.25) is 0 Å². The Balaban J connectivity index is 1.30. The Morgan fingerprint density at radius 3 is 2.52 bits per heavy atom. The van der Waals surface area contributed by atoms with Gasteiger partial charge in [0.1, 0.15) is 5.75 Å². The number of fused-ring (bicyclic) bond motifs is 1. The van der Waals surface area contributed by atoms with Crippen molar-refractivity contribution < 1.29 is 9.53 Å². The molecule has 0 spiro atoms. The van der Waals surface area contributed by atoms with Gasteiger partial charge in [-0.3, -0.25) is 9.69 Å². The van der Waals surface area contributed by atoms with Gasteiger partial charge < -0.3 is 14.5 Å². The predicted octanol–water partition coefficient (Wildman–Crippen LogP) is 4.80. The van der Waals surface area contributed by atoms with Crippen LogP contribution in [-0.4, -0.2) is 61.6 Å². The van der Waals surface area contributed by atoms with E-state index < -0.39 is 0 Å². The van der Waals surface area contributed by atoms with Crippen LogP contribution in [0.25, 0.3) is 10.8 Å². The number of amides is 1. The van der Waals surface area contributed by atoms with Gasteiger partial charge in [-0.25, -0.2) is 0 Å². The van der Waals surface area contributed by atoms with Crippen LogP contribution in [0, 0.1) is 0 Å². The maximum absolute atomic E-state index is 11.5. The second kappa shape index (κ2) is 11.2. The summed E-state index contributed by atoms with van der Waals surface area (Å²) in [6, 6.07) is 23.6. The Labute approximate surface area is 197 Å². The van der Waals surface area contributed by atoms with Crippen molar-refractivity contribution in [2.24, 2.45) is 0 Å². The summed E-state index contributed by atoms with van der Waals surface area (Å²) in [6.07, 6.45) is 0.987. The Morgan fingerprint density at radius 1 is 0.970 bits per heavy atom. The Hall–Kier alpha value is -3.05. The van der Waals surface area contributed by atoms with E-state index in [4.69, 9.17) is 4.74 Å². The van der Waals surface area contributed by atoms with Crippen LogP contribution in [-0.2, 0) is 11.3 Å². The number of carbonyl (C=O) groups excluding carboxylic acids is 1. The van der Waals surface area contributed by atoms with Crippen molar-refractivity contribution in [2.75, 3.05) is 50.8 Å². The molecular formula is C28H35N3O2. The zero-order valence-corrected chi connectivity index (χ0v) is 19.9. The lowest BCUT2D eigenvalue weighted by molar-refractivity contribution is -0.130. The van der Waals surface area contributed by atoms with Crippen LogP contribution in [0.5, 0.6) is 5.75 Å². The number of hydrogen-bond acceptors (Lipinski definition) is 4. The van der Waals surface area contributed by atoms with Crippen molar-refractivity contribution in [1.29, 1.82) is 0 Å². The van der Waals surface area contributed by atoms with Crippen molar-refractivity contribution in [1.82, 2.24) is 9.80 Å². The summed E-state index contributed by atoms with van der Waals surface area (Å²) in [5.74, 6) is 1.11. The first-order valence-corrected chi connectivity index (χ1v) is 12.1. The number of piperazine rings is 1. The minimum Gasteiger partial charge on any atom is -0.494 e. The monoisotopic (exact) mass is 445 g/mol. The summed E-state index contributed by atoms with van der Waals surface area (Å²) in [6.45, 7) is 10.9. The van der Waals surface area contributed by atoms with Gasteiger partial charge >= 0.3 is 0 Å². The van der Waals surface area contributed by atoms with E-state index in [0.717, 1.165) is 58.0 Å². The molecule has 0 radical (unpaired) electrons. The molecule has 0 atom stereocenters. The molecule has 0 unspecified atom stereocenters. The van der Waals surface area contributed by atoms with Crippen molar-refractivity contribution in [3.63, 3.8) is 0 Å². The van der Waals surface area contributed by atoms with Crippen LogP contribution < -0.4 is 9.64 Å². The molecule has 1 heterocycles. The highest BCUT2D eigenvalue weighted by Gasteiger charge is 2.17. The Kier molecular flexibility index (Phi) is 7.84. The van der Waals surface area contributed by atoms with Gasteiger partial charge in [-0.15, -0.1) is 0 Å². The van der Waals surface area contributed by atoms with E-state index >= 15 is 0 Å². The molecule has 0 saturated carbocycles. The first kappa shape index (κ1) is 23.1. The highest BCUT2D eigenvalue weighted by atomic mass is 16.5. The molecule has 5 nitrogen and oxygen atoms in total. The van der Waals surface area contributed by atoms with Crippen LogP contribution in [0.15, 0.2) is 66.7 Å². The van der Waals surface area contributed by atoms with Gasteiger partial charge in [0, 0.05) is 63.8 Å². The summed E-state index contributed by atoms with van der Waals surface area (Å²) in [7, 11) is 0. The molecule has 1 aliphatic heterocycles. The molecule has 33 heavy (non-hydrogen) atoms. The molecule has 0 aliphatic carbocycles. The maximum atomic E-state index is 11.5. The molecule has 0 aromatic heterocycles. The molecule has 0 N–H and O–H groups in total. The second-order valence-electron chi connectivity index (χ2n) is 8.71. The van der Waals surface area contributed by atoms with Crippen LogP contribution >= 0.6 is 0 Å². The van der Waals surface area contributed by atoms with Gasteiger partial charge in [-0.2, -0.15) is 0 Å². The fraction of sp³-hybridized carbons (Fsp3) is 0.393. The first-order chi connectivity index (χ1) is 16.1. The van der Waals surface area contributed by atoms with Crippen molar-refractivity contribution in [2.45, 2.75) is 26.8 Å². The molecule has 174 valence electrons. The first-order valence-electron chi connectivity index (χ1n) is 12.1. The molecule has 1 aliphatic rings. The summed E-state index contributed by atoms with van der Waals surface area (Å²) in [4.78, 5) is 18.2. The second-order valence-corrected chi connectivity index (χ2v) is 8.71. The van der Waals surface area contributed by atoms with E-state index in [1.54, 1.807) is 6.92 Å². The van der Waals surface area contributed by atoms with Gasteiger partial charge in [-0.05, 0) is 42.5 Å². The minimum atomic E-state index is 0.181. The van der Waals surface area contributed by atoms with Gasteiger partial charge in [0.25, 0.3) is 0 Å². The summed E-state index contributed by atoms with van der Waals surface area (Å²) in [5.41, 5.74) is 2.52. The minimum absolute atomic E-state index is 0.181. The zero-order chi connectivity index (χ0) is 23.0. The van der Waals surface area contributed by atoms with Crippen molar-refractivity contribution in [3.05, 3.63) is 72.3 Å². The number of anilines is 1. The van der Waals surface area contributed by atoms with Crippen molar-refractivity contribution in [3.8, 4) is 5.75 Å². The topological polar surface area (TPSA) is 36.0 Å². The predicted molar refractivity (Wildman–Crippen MR) is 136 cm³/mol.